The van der Waals surface area contributed by atoms with Gasteiger partial charge in [-0.15, -0.1) is 0 Å². The minimum Gasteiger partial charge on any atom is -0.298 e. The molecule has 4 nitrogen and oxygen atoms in total. The average molecular weight is 563 g/mol. The van der Waals surface area contributed by atoms with Crippen molar-refractivity contribution in [2.45, 2.75) is 12.8 Å². The first-order valence-electron chi connectivity index (χ1n) is 15.2. The number of hydrogen-bond acceptors (Lipinski definition) is 2. The summed E-state index contributed by atoms with van der Waals surface area (Å²) in [5.74, 6) is 0. The lowest BCUT2D eigenvalue weighted by Gasteiger charge is -2.10. The summed E-state index contributed by atoms with van der Waals surface area (Å²) >= 11 is 0. The number of nitrogens with zero attached hydrogens (tertiary/aromatic N) is 4. The van der Waals surface area contributed by atoms with Gasteiger partial charge < -0.3 is 0 Å². The van der Waals surface area contributed by atoms with E-state index in [1.54, 1.807) is 0 Å². The van der Waals surface area contributed by atoms with Crippen molar-refractivity contribution in [3.05, 3.63) is 145 Å². The highest BCUT2D eigenvalue weighted by Gasteiger charge is 2.16. The van der Waals surface area contributed by atoms with Crippen LogP contribution in [0.2, 0.25) is 0 Å². The van der Waals surface area contributed by atoms with Crippen LogP contribution in [0.1, 0.15) is 11.4 Å². The van der Waals surface area contributed by atoms with Crippen LogP contribution in [0.4, 0.5) is 0 Å². The van der Waals surface area contributed by atoms with Gasteiger partial charge in [0, 0.05) is 44.7 Å². The number of rotatable bonds is 3. The fourth-order valence-electron chi connectivity index (χ4n) is 7.37. The molecule has 0 spiro atoms. The van der Waals surface area contributed by atoms with Crippen LogP contribution in [0.15, 0.2) is 134 Å². The van der Waals surface area contributed by atoms with Gasteiger partial charge >= 0.3 is 0 Å². The zero-order valence-corrected chi connectivity index (χ0v) is 23.9. The summed E-state index contributed by atoms with van der Waals surface area (Å²) < 4.78 is 4.62. The SMILES string of the molecule is c1ccc2c(c1)ccc1c3ccccc3c3nc(CCc4cn5c(n4)c4ccccc4c4ccc6ccccc6c45)cn3c21. The first kappa shape index (κ1) is 23.8. The third kappa shape index (κ3) is 3.28. The third-order valence-corrected chi connectivity index (χ3v) is 9.35. The Hall–Kier alpha value is -5.74. The highest BCUT2D eigenvalue weighted by Crippen LogP contribution is 2.36. The lowest BCUT2D eigenvalue weighted by molar-refractivity contribution is 0.902. The van der Waals surface area contributed by atoms with Gasteiger partial charge in [0.2, 0.25) is 0 Å². The topological polar surface area (TPSA) is 34.6 Å². The fraction of sp³-hybridized carbons (Fsp3) is 0.0500. The van der Waals surface area contributed by atoms with Crippen molar-refractivity contribution < 1.29 is 0 Å². The summed E-state index contributed by atoms with van der Waals surface area (Å²) in [6.45, 7) is 0. The molecule has 6 aromatic carbocycles. The standard InChI is InChI=1S/C40H26N4/c1-3-11-29-25(9-1)17-21-33-31-13-5-7-15-35(31)39-41-27(23-43(39)37(29)33)19-20-28-24-44-38-30-12-4-2-10-26(30)18-22-34(38)32-14-6-8-16-36(32)40(44)42-28/h1-18,21-24H,19-20H2. The number of aromatic nitrogens is 4. The molecule has 0 saturated carbocycles. The number of aryl methyl sites for hydroxylation is 2. The third-order valence-electron chi connectivity index (χ3n) is 9.35. The van der Waals surface area contributed by atoms with E-state index < -0.39 is 0 Å². The Balaban J connectivity index is 1.15. The second-order valence-electron chi connectivity index (χ2n) is 11.8. The monoisotopic (exact) mass is 562 g/mol. The molecular formula is C40H26N4. The highest BCUT2D eigenvalue weighted by molar-refractivity contribution is 6.20. The van der Waals surface area contributed by atoms with Gasteiger partial charge in [-0.05, 0) is 34.4 Å². The Kier molecular flexibility index (Phi) is 4.80. The van der Waals surface area contributed by atoms with Crippen LogP contribution < -0.4 is 0 Å². The second kappa shape index (κ2) is 8.88. The summed E-state index contributed by atoms with van der Waals surface area (Å²) in [6.07, 6.45) is 6.10. The van der Waals surface area contributed by atoms with Gasteiger partial charge in [-0.3, -0.25) is 8.80 Å². The van der Waals surface area contributed by atoms with Gasteiger partial charge in [0.15, 0.2) is 0 Å². The molecule has 0 saturated heterocycles. The summed E-state index contributed by atoms with van der Waals surface area (Å²) in [6, 6.07) is 43.5. The van der Waals surface area contributed by atoms with Crippen molar-refractivity contribution in [3.8, 4) is 0 Å². The van der Waals surface area contributed by atoms with E-state index in [2.05, 4.69) is 143 Å². The van der Waals surface area contributed by atoms with Crippen molar-refractivity contribution in [2.24, 2.45) is 0 Å². The molecule has 44 heavy (non-hydrogen) atoms. The van der Waals surface area contributed by atoms with Crippen molar-refractivity contribution in [1.29, 1.82) is 0 Å². The van der Waals surface area contributed by atoms with E-state index in [9.17, 15) is 0 Å². The van der Waals surface area contributed by atoms with Crippen molar-refractivity contribution in [2.75, 3.05) is 0 Å². The average Bonchev–Trinajstić information content (AvgIpc) is 3.72. The lowest BCUT2D eigenvalue weighted by atomic mass is 10.0. The molecule has 0 fully saturated rings. The molecule has 0 bridgehead atoms. The van der Waals surface area contributed by atoms with E-state index in [0.29, 0.717) is 0 Å². The van der Waals surface area contributed by atoms with Crippen LogP contribution in [-0.2, 0) is 12.8 Å². The van der Waals surface area contributed by atoms with Gasteiger partial charge in [0.25, 0.3) is 0 Å². The number of hydrogen-bond donors (Lipinski definition) is 0. The smallest absolute Gasteiger partial charge is 0.145 e. The predicted molar refractivity (Wildman–Crippen MR) is 183 cm³/mol. The molecule has 4 aromatic heterocycles. The van der Waals surface area contributed by atoms with E-state index in [4.69, 9.17) is 9.97 Å². The zero-order valence-electron chi connectivity index (χ0n) is 23.9. The molecule has 0 unspecified atom stereocenters. The quantitative estimate of drug-likeness (QED) is 0.201. The predicted octanol–water partition coefficient (Wildman–Crippen LogP) is 9.69. The van der Waals surface area contributed by atoms with Crippen LogP contribution in [-0.4, -0.2) is 18.8 Å². The van der Waals surface area contributed by atoms with Crippen LogP contribution in [0, 0.1) is 0 Å². The molecule has 0 radical (unpaired) electrons. The largest absolute Gasteiger partial charge is 0.298 e. The Morgan fingerprint density at radius 2 is 0.750 bits per heavy atom. The molecular weight excluding hydrogens is 536 g/mol. The van der Waals surface area contributed by atoms with Crippen molar-refractivity contribution in [3.63, 3.8) is 0 Å². The van der Waals surface area contributed by atoms with Gasteiger partial charge in [0.05, 0.1) is 22.4 Å². The molecule has 4 heterocycles. The maximum atomic E-state index is 5.24. The van der Waals surface area contributed by atoms with E-state index in [1.807, 2.05) is 0 Å². The second-order valence-corrected chi connectivity index (χ2v) is 11.8. The molecule has 10 rings (SSSR count). The van der Waals surface area contributed by atoms with E-state index in [1.165, 1.54) is 64.9 Å². The molecule has 4 heteroatoms. The van der Waals surface area contributed by atoms with Crippen LogP contribution in [0.25, 0.3) is 76.2 Å². The number of benzene rings is 6. The maximum Gasteiger partial charge on any atom is 0.145 e. The molecule has 10 aromatic rings. The van der Waals surface area contributed by atoms with Crippen molar-refractivity contribution in [1.82, 2.24) is 18.8 Å². The molecule has 0 aliphatic rings. The number of imidazole rings is 2. The fourth-order valence-corrected chi connectivity index (χ4v) is 7.37. The Bertz CT molecular complexity index is 2580. The summed E-state index contributed by atoms with van der Waals surface area (Å²) in [4.78, 5) is 10.5. The van der Waals surface area contributed by atoms with E-state index >= 15 is 0 Å². The highest BCUT2D eigenvalue weighted by atomic mass is 15.0. The molecule has 0 aliphatic carbocycles. The number of fused-ring (bicyclic) bond motifs is 16. The summed E-state index contributed by atoms with van der Waals surface area (Å²) in [5, 5.41) is 12.3. The minimum atomic E-state index is 0.808. The van der Waals surface area contributed by atoms with Crippen LogP contribution in [0.3, 0.4) is 0 Å². The lowest BCUT2D eigenvalue weighted by Crippen LogP contribution is -1.92. The Labute approximate surface area is 252 Å². The van der Waals surface area contributed by atoms with Crippen LogP contribution in [0.5, 0.6) is 0 Å². The summed E-state index contributed by atoms with van der Waals surface area (Å²) in [7, 11) is 0. The first-order chi connectivity index (χ1) is 21.8. The van der Waals surface area contributed by atoms with Gasteiger partial charge in [-0.1, -0.05) is 121 Å². The normalized spacial score (nSPS) is 12.3. The van der Waals surface area contributed by atoms with Gasteiger partial charge in [-0.2, -0.15) is 0 Å². The van der Waals surface area contributed by atoms with Gasteiger partial charge in [0.1, 0.15) is 11.3 Å². The Morgan fingerprint density at radius 1 is 0.364 bits per heavy atom. The molecule has 0 N–H and O–H groups in total. The van der Waals surface area contributed by atoms with Crippen LogP contribution >= 0.6 is 0 Å². The zero-order chi connectivity index (χ0) is 28.8. The first-order valence-corrected chi connectivity index (χ1v) is 15.2. The Morgan fingerprint density at radius 3 is 1.20 bits per heavy atom. The molecule has 0 aliphatic heterocycles. The van der Waals surface area contributed by atoms with E-state index in [0.717, 1.165) is 35.5 Å². The molecule has 206 valence electrons. The summed E-state index contributed by atoms with van der Waals surface area (Å²) in [5.41, 5.74) is 6.61. The number of pyridine rings is 2. The minimum absolute atomic E-state index is 0.808. The molecule has 0 atom stereocenters. The van der Waals surface area contributed by atoms with Gasteiger partial charge in [-0.25, -0.2) is 9.97 Å². The van der Waals surface area contributed by atoms with Crippen molar-refractivity contribution >= 4 is 76.2 Å². The maximum absolute atomic E-state index is 5.24. The molecule has 0 amide bonds. The van der Waals surface area contributed by atoms with E-state index in [-0.39, 0.29) is 0 Å².